The molecule has 0 saturated carbocycles. The van der Waals surface area contributed by atoms with Crippen molar-refractivity contribution in [2.75, 3.05) is 46.6 Å². The van der Waals surface area contributed by atoms with Crippen molar-refractivity contribution in [2.24, 2.45) is 5.41 Å². The highest BCUT2D eigenvalue weighted by molar-refractivity contribution is 5.26. The van der Waals surface area contributed by atoms with Crippen molar-refractivity contribution < 1.29 is 14.6 Å². The molecule has 1 heterocycles. The highest BCUT2D eigenvalue weighted by atomic mass is 16.5. The third-order valence-corrected chi connectivity index (χ3v) is 3.52. The molecule has 1 N–H and O–H groups in total. The van der Waals surface area contributed by atoms with E-state index in [0.717, 1.165) is 18.8 Å². The van der Waals surface area contributed by atoms with Gasteiger partial charge >= 0.3 is 0 Å². The topological polar surface area (TPSA) is 41.9 Å². The molecule has 0 spiro atoms. The smallest absolute Gasteiger partial charge is 0.119 e. The summed E-state index contributed by atoms with van der Waals surface area (Å²) in [5, 5.41) is 9.38. The monoisotopic (exact) mass is 265 g/mol. The second-order valence-corrected chi connectivity index (χ2v) is 5.55. The number of aliphatic hydroxyl groups is 1. The lowest BCUT2D eigenvalue weighted by Crippen LogP contribution is -2.53. The van der Waals surface area contributed by atoms with E-state index < -0.39 is 0 Å². The molecule has 1 saturated heterocycles. The van der Waals surface area contributed by atoms with Gasteiger partial charge in [0.25, 0.3) is 0 Å². The van der Waals surface area contributed by atoms with Gasteiger partial charge in [-0.15, -0.1) is 0 Å². The third-order valence-electron chi connectivity index (χ3n) is 3.52. The van der Waals surface area contributed by atoms with Crippen LogP contribution < -0.4 is 4.74 Å². The Morgan fingerprint density at radius 2 is 2.00 bits per heavy atom. The Balaban J connectivity index is 1.69. The van der Waals surface area contributed by atoms with Crippen LogP contribution in [-0.4, -0.2) is 56.6 Å². The predicted molar refractivity (Wildman–Crippen MR) is 74.5 cm³/mol. The van der Waals surface area contributed by atoms with Gasteiger partial charge in [-0.3, -0.25) is 0 Å². The van der Waals surface area contributed by atoms with Gasteiger partial charge in [-0.05, 0) is 26.1 Å². The van der Waals surface area contributed by atoms with Gasteiger partial charge in [0, 0.05) is 13.1 Å². The molecule has 1 aromatic carbocycles. The average Bonchev–Trinajstić information content (AvgIpc) is 2.36. The molecule has 0 amide bonds. The van der Waals surface area contributed by atoms with E-state index >= 15 is 0 Å². The first-order valence-electron chi connectivity index (χ1n) is 6.70. The van der Waals surface area contributed by atoms with E-state index in [9.17, 15) is 5.11 Å². The zero-order valence-electron chi connectivity index (χ0n) is 11.8. The number of nitrogens with zero attached hydrogens (tertiary/aromatic N) is 1. The maximum absolute atomic E-state index is 9.38. The lowest BCUT2D eigenvalue weighted by Gasteiger charge is -2.42. The molecular weight excluding hydrogens is 242 g/mol. The van der Waals surface area contributed by atoms with Gasteiger partial charge in [-0.2, -0.15) is 0 Å². The molecule has 106 valence electrons. The molecule has 4 heteroatoms. The fraction of sp³-hybridized carbons (Fsp3) is 0.600. The Bertz CT molecular complexity index is 381. The summed E-state index contributed by atoms with van der Waals surface area (Å²) in [5.41, 5.74) is 1.18. The van der Waals surface area contributed by atoms with Crippen LogP contribution >= 0.6 is 0 Å². The molecule has 0 bridgehead atoms. The molecule has 1 aliphatic rings. The summed E-state index contributed by atoms with van der Waals surface area (Å²) in [6.45, 7) is 5.92. The summed E-state index contributed by atoms with van der Waals surface area (Å²) >= 11 is 0. The minimum Gasteiger partial charge on any atom is -0.492 e. The van der Waals surface area contributed by atoms with Gasteiger partial charge in [0.1, 0.15) is 12.4 Å². The van der Waals surface area contributed by atoms with Crippen molar-refractivity contribution in [2.45, 2.75) is 6.92 Å². The Labute approximate surface area is 114 Å². The van der Waals surface area contributed by atoms with E-state index in [0.29, 0.717) is 19.8 Å². The van der Waals surface area contributed by atoms with Gasteiger partial charge in [0.15, 0.2) is 0 Å². The maximum Gasteiger partial charge on any atom is 0.119 e. The largest absolute Gasteiger partial charge is 0.492 e. The predicted octanol–water partition coefficient (Wildman–Crippen LogP) is 1.31. The number of aliphatic hydroxyl groups excluding tert-OH is 1. The lowest BCUT2D eigenvalue weighted by atomic mass is 9.86. The standard InChI is InChI=1S/C15H23NO3/c1-13-3-5-14(6-4-13)19-8-7-16(2)9-15(10-17)11-18-12-15/h3-6,17H,7-12H2,1-2H3. The molecule has 19 heavy (non-hydrogen) atoms. The van der Waals surface area contributed by atoms with Crippen molar-refractivity contribution in [3.63, 3.8) is 0 Å². The molecule has 4 nitrogen and oxygen atoms in total. The molecule has 1 aliphatic heterocycles. The molecule has 0 unspecified atom stereocenters. The number of aryl methyl sites for hydroxylation is 1. The summed E-state index contributed by atoms with van der Waals surface area (Å²) < 4.78 is 10.9. The van der Waals surface area contributed by atoms with Crippen LogP contribution in [0.25, 0.3) is 0 Å². The molecule has 0 aromatic heterocycles. The minimum atomic E-state index is -0.0569. The van der Waals surface area contributed by atoms with Crippen molar-refractivity contribution in [3.05, 3.63) is 29.8 Å². The van der Waals surface area contributed by atoms with Gasteiger partial charge < -0.3 is 19.5 Å². The fourth-order valence-corrected chi connectivity index (χ4v) is 2.23. The van der Waals surface area contributed by atoms with E-state index in [1.807, 2.05) is 31.3 Å². The zero-order valence-corrected chi connectivity index (χ0v) is 11.8. The zero-order chi connectivity index (χ0) is 13.7. The number of hydrogen-bond acceptors (Lipinski definition) is 4. The van der Waals surface area contributed by atoms with Crippen LogP contribution in [0, 0.1) is 12.3 Å². The van der Waals surface area contributed by atoms with Crippen molar-refractivity contribution in [1.29, 1.82) is 0 Å². The third kappa shape index (κ3) is 3.93. The summed E-state index contributed by atoms with van der Waals surface area (Å²) in [4.78, 5) is 2.19. The number of ether oxygens (including phenoxy) is 2. The summed E-state index contributed by atoms with van der Waals surface area (Å²) in [5.74, 6) is 0.905. The second kappa shape index (κ2) is 6.37. The van der Waals surface area contributed by atoms with Gasteiger partial charge in [-0.1, -0.05) is 17.7 Å². The first kappa shape index (κ1) is 14.3. The summed E-state index contributed by atoms with van der Waals surface area (Å²) in [6, 6.07) is 8.08. The molecule has 1 fully saturated rings. The van der Waals surface area contributed by atoms with Crippen LogP contribution in [0.5, 0.6) is 5.75 Å². The molecule has 2 rings (SSSR count). The first-order valence-corrected chi connectivity index (χ1v) is 6.70. The van der Waals surface area contributed by atoms with Gasteiger partial charge in [0.05, 0.1) is 25.2 Å². The summed E-state index contributed by atoms with van der Waals surface area (Å²) in [6.07, 6.45) is 0. The minimum absolute atomic E-state index is 0.0569. The SMILES string of the molecule is Cc1ccc(OCCN(C)CC2(CO)COC2)cc1. The molecule has 0 atom stereocenters. The number of benzene rings is 1. The average molecular weight is 265 g/mol. The van der Waals surface area contributed by atoms with Crippen molar-refractivity contribution in [1.82, 2.24) is 4.90 Å². The van der Waals surface area contributed by atoms with Crippen molar-refractivity contribution >= 4 is 0 Å². The normalized spacial score (nSPS) is 17.3. The van der Waals surface area contributed by atoms with Crippen LogP contribution in [0.4, 0.5) is 0 Å². The molecule has 0 radical (unpaired) electrons. The van der Waals surface area contributed by atoms with Crippen molar-refractivity contribution in [3.8, 4) is 5.75 Å². The second-order valence-electron chi connectivity index (χ2n) is 5.55. The van der Waals surface area contributed by atoms with E-state index in [-0.39, 0.29) is 12.0 Å². The molecular formula is C15H23NO3. The van der Waals surface area contributed by atoms with E-state index in [2.05, 4.69) is 11.8 Å². The quantitative estimate of drug-likeness (QED) is 0.807. The van der Waals surface area contributed by atoms with E-state index in [4.69, 9.17) is 9.47 Å². The summed E-state index contributed by atoms with van der Waals surface area (Å²) in [7, 11) is 2.05. The van der Waals surface area contributed by atoms with Crippen LogP contribution in [0.1, 0.15) is 5.56 Å². The Morgan fingerprint density at radius 1 is 1.32 bits per heavy atom. The van der Waals surface area contributed by atoms with E-state index in [1.54, 1.807) is 0 Å². The molecule has 1 aromatic rings. The number of rotatable bonds is 7. The Hall–Kier alpha value is -1.10. The van der Waals surface area contributed by atoms with E-state index in [1.165, 1.54) is 5.56 Å². The number of likely N-dealkylation sites (N-methyl/N-ethyl adjacent to an activating group) is 1. The van der Waals surface area contributed by atoms with Crippen LogP contribution in [0.3, 0.4) is 0 Å². The number of hydrogen-bond donors (Lipinski definition) is 1. The molecule has 0 aliphatic carbocycles. The Kier molecular flexibility index (Phi) is 4.80. The van der Waals surface area contributed by atoms with Crippen LogP contribution in [0.2, 0.25) is 0 Å². The highest BCUT2D eigenvalue weighted by Gasteiger charge is 2.38. The van der Waals surface area contributed by atoms with Crippen LogP contribution in [-0.2, 0) is 4.74 Å². The fourth-order valence-electron chi connectivity index (χ4n) is 2.23. The lowest BCUT2D eigenvalue weighted by molar-refractivity contribution is -0.146. The Morgan fingerprint density at radius 3 is 2.53 bits per heavy atom. The van der Waals surface area contributed by atoms with Gasteiger partial charge in [0.2, 0.25) is 0 Å². The highest BCUT2D eigenvalue weighted by Crippen LogP contribution is 2.27. The van der Waals surface area contributed by atoms with Gasteiger partial charge in [-0.25, -0.2) is 0 Å². The van der Waals surface area contributed by atoms with Crippen LogP contribution in [0.15, 0.2) is 24.3 Å². The maximum atomic E-state index is 9.38. The first-order chi connectivity index (χ1) is 9.13.